The van der Waals surface area contributed by atoms with Gasteiger partial charge < -0.3 is 0 Å². The van der Waals surface area contributed by atoms with E-state index < -0.39 is 8.07 Å². The molecule has 1 heteroatoms. The summed E-state index contributed by atoms with van der Waals surface area (Å²) in [7, 11) is -2.02. The highest BCUT2D eigenvalue weighted by molar-refractivity contribution is 7.13. The first-order valence-electron chi connectivity index (χ1n) is 7.35. The van der Waals surface area contributed by atoms with Crippen molar-refractivity contribution in [2.75, 3.05) is 0 Å². The van der Waals surface area contributed by atoms with Crippen LogP contribution in [-0.2, 0) is 0 Å². The van der Waals surface area contributed by atoms with E-state index in [0.717, 1.165) is 0 Å². The Morgan fingerprint density at radius 1 is 0.524 bits per heavy atom. The quantitative estimate of drug-likeness (QED) is 0.511. The summed E-state index contributed by atoms with van der Waals surface area (Å²) in [5, 5.41) is 4.31. The molecule has 3 aromatic carbocycles. The lowest BCUT2D eigenvalue weighted by molar-refractivity contribution is 1.59. The van der Waals surface area contributed by atoms with Crippen molar-refractivity contribution < 1.29 is 0 Å². The maximum Gasteiger partial charge on any atom is 0.151 e. The third kappa shape index (κ3) is 2.45. The molecule has 0 heterocycles. The fourth-order valence-corrected chi connectivity index (χ4v) is 7.26. The smallest absolute Gasteiger partial charge is 0.0640 e. The van der Waals surface area contributed by atoms with Gasteiger partial charge in [0.2, 0.25) is 0 Å². The fraction of sp³-hybridized carbons (Fsp3) is 0.0500. The molecular weight excluding hydrogens is 268 g/mol. The summed E-state index contributed by atoms with van der Waals surface area (Å²) in [6.45, 7) is 2.21. The molecule has 0 amide bonds. The van der Waals surface area contributed by atoms with Crippen LogP contribution in [0.4, 0.5) is 0 Å². The number of hydrogen-bond acceptors (Lipinski definition) is 0. The molecule has 3 rings (SSSR count). The lowest BCUT2D eigenvalue weighted by Crippen LogP contribution is -2.67. The van der Waals surface area contributed by atoms with Crippen LogP contribution in [-0.4, -0.2) is 8.07 Å². The third-order valence-corrected chi connectivity index (χ3v) is 8.72. The molecule has 21 heavy (non-hydrogen) atoms. The van der Waals surface area contributed by atoms with Crippen molar-refractivity contribution in [1.82, 2.24) is 0 Å². The second-order valence-electron chi connectivity index (χ2n) is 5.19. The minimum absolute atomic E-state index is 1.44. The molecule has 0 unspecified atom stereocenters. The van der Waals surface area contributed by atoms with E-state index in [4.69, 9.17) is 0 Å². The van der Waals surface area contributed by atoms with E-state index >= 15 is 0 Å². The first-order valence-corrected chi connectivity index (χ1v) is 9.43. The van der Waals surface area contributed by atoms with Crippen molar-refractivity contribution in [3.8, 4) is 0 Å². The molecule has 0 aliphatic rings. The summed E-state index contributed by atoms with van der Waals surface area (Å²) in [4.78, 5) is 0. The largest absolute Gasteiger partial charge is 0.151 e. The van der Waals surface area contributed by atoms with Crippen LogP contribution in [0.15, 0.2) is 91.0 Å². The van der Waals surface area contributed by atoms with Crippen molar-refractivity contribution in [1.29, 1.82) is 0 Å². The Kier molecular flexibility index (Phi) is 4.02. The summed E-state index contributed by atoms with van der Waals surface area (Å²) in [5.74, 6) is 0. The lowest BCUT2D eigenvalue weighted by atomic mass is 10.3. The fourth-order valence-electron chi connectivity index (χ4n) is 3.10. The van der Waals surface area contributed by atoms with Crippen LogP contribution in [0.2, 0.25) is 0 Å². The predicted octanol–water partition coefficient (Wildman–Crippen LogP) is 2.92. The monoisotopic (exact) mass is 287 g/mol. The van der Waals surface area contributed by atoms with E-state index in [1.807, 2.05) is 0 Å². The molecule has 0 atom stereocenters. The molecule has 0 aliphatic carbocycles. The van der Waals surface area contributed by atoms with Gasteiger partial charge in [-0.05, 0) is 21.6 Å². The standard InChI is InChI=1S/C20H19Si/c1-2-21(18-12-6-3-7-13-18,19-14-8-4-9-15-19)20-16-10-5-11-17-20/h2-17H,1H3. The van der Waals surface area contributed by atoms with Gasteiger partial charge in [-0.15, -0.1) is 0 Å². The summed E-state index contributed by atoms with van der Waals surface area (Å²) in [5.41, 5.74) is 0. The summed E-state index contributed by atoms with van der Waals surface area (Å²) < 4.78 is 0. The minimum Gasteiger partial charge on any atom is -0.0640 e. The van der Waals surface area contributed by atoms with Gasteiger partial charge in [-0.3, -0.25) is 0 Å². The van der Waals surface area contributed by atoms with Crippen molar-refractivity contribution in [3.63, 3.8) is 0 Å². The second kappa shape index (κ2) is 6.11. The van der Waals surface area contributed by atoms with Gasteiger partial charge in [0.15, 0.2) is 8.07 Å². The van der Waals surface area contributed by atoms with Gasteiger partial charge in [-0.2, -0.15) is 0 Å². The number of hydrogen-bond donors (Lipinski definition) is 0. The van der Waals surface area contributed by atoms with E-state index in [2.05, 4.69) is 104 Å². The highest BCUT2D eigenvalue weighted by atomic mass is 28.3. The van der Waals surface area contributed by atoms with Crippen molar-refractivity contribution in [3.05, 3.63) is 97.0 Å². The first kappa shape index (κ1) is 13.8. The van der Waals surface area contributed by atoms with Gasteiger partial charge in [0.25, 0.3) is 0 Å². The molecule has 0 saturated heterocycles. The molecule has 0 fully saturated rings. The molecule has 103 valence electrons. The SMILES string of the molecule is C[CH][Si](c1ccccc1)(c1ccccc1)c1ccccc1. The lowest BCUT2D eigenvalue weighted by Gasteiger charge is -2.32. The molecule has 0 saturated carbocycles. The van der Waals surface area contributed by atoms with Gasteiger partial charge in [0.1, 0.15) is 0 Å². The molecular formula is C20H19Si. The molecule has 0 aromatic heterocycles. The predicted molar refractivity (Wildman–Crippen MR) is 94.0 cm³/mol. The normalized spacial score (nSPS) is 11.3. The average Bonchev–Trinajstić information content (AvgIpc) is 2.59. The molecule has 0 aliphatic heterocycles. The van der Waals surface area contributed by atoms with Gasteiger partial charge in [0.05, 0.1) is 0 Å². The van der Waals surface area contributed by atoms with Crippen LogP contribution < -0.4 is 15.6 Å². The van der Waals surface area contributed by atoms with Gasteiger partial charge in [0, 0.05) is 0 Å². The van der Waals surface area contributed by atoms with E-state index in [1.165, 1.54) is 15.6 Å². The summed E-state index contributed by atoms with van der Waals surface area (Å²) >= 11 is 0. The average molecular weight is 287 g/mol. The zero-order valence-corrected chi connectivity index (χ0v) is 13.2. The Bertz CT molecular complexity index is 578. The Balaban J connectivity index is 2.29. The molecule has 0 N–H and O–H groups in total. The van der Waals surface area contributed by atoms with Crippen molar-refractivity contribution >= 4 is 23.6 Å². The Morgan fingerprint density at radius 3 is 1.05 bits per heavy atom. The highest BCUT2D eigenvalue weighted by Gasteiger charge is 2.37. The Morgan fingerprint density at radius 2 is 0.810 bits per heavy atom. The highest BCUT2D eigenvalue weighted by Crippen LogP contribution is 2.10. The van der Waals surface area contributed by atoms with Crippen LogP contribution in [0.25, 0.3) is 0 Å². The molecule has 3 aromatic rings. The van der Waals surface area contributed by atoms with Gasteiger partial charge in [-0.25, -0.2) is 0 Å². The van der Waals surface area contributed by atoms with Crippen molar-refractivity contribution in [2.24, 2.45) is 0 Å². The van der Waals surface area contributed by atoms with Gasteiger partial charge in [-0.1, -0.05) is 97.9 Å². The van der Waals surface area contributed by atoms with Gasteiger partial charge >= 0.3 is 0 Å². The number of rotatable bonds is 4. The van der Waals surface area contributed by atoms with E-state index in [9.17, 15) is 0 Å². The van der Waals surface area contributed by atoms with Crippen LogP contribution in [0.3, 0.4) is 0 Å². The van der Waals surface area contributed by atoms with Crippen LogP contribution in [0.1, 0.15) is 6.92 Å². The maximum absolute atomic E-state index is 2.44. The summed E-state index contributed by atoms with van der Waals surface area (Å²) in [6.07, 6.45) is 0. The molecule has 0 bridgehead atoms. The summed E-state index contributed by atoms with van der Waals surface area (Å²) in [6, 6.07) is 35.2. The van der Waals surface area contributed by atoms with Crippen LogP contribution in [0, 0.1) is 6.04 Å². The third-order valence-electron chi connectivity index (χ3n) is 4.12. The zero-order valence-electron chi connectivity index (χ0n) is 12.2. The van der Waals surface area contributed by atoms with Crippen molar-refractivity contribution in [2.45, 2.75) is 6.92 Å². The Hall–Kier alpha value is -2.12. The Labute approximate surface area is 128 Å². The first-order chi connectivity index (χ1) is 10.4. The maximum atomic E-state index is 2.44. The van der Waals surface area contributed by atoms with Crippen LogP contribution in [0.5, 0.6) is 0 Å². The molecule has 0 nitrogen and oxygen atoms in total. The van der Waals surface area contributed by atoms with E-state index in [0.29, 0.717) is 0 Å². The topological polar surface area (TPSA) is 0 Å². The molecule has 1 radical (unpaired) electrons. The van der Waals surface area contributed by atoms with E-state index in [-0.39, 0.29) is 0 Å². The zero-order chi connectivity index (χ0) is 14.5. The number of benzene rings is 3. The minimum atomic E-state index is -2.02. The second-order valence-corrected chi connectivity index (χ2v) is 9.12. The molecule has 0 spiro atoms. The van der Waals surface area contributed by atoms with Crippen LogP contribution >= 0.6 is 0 Å². The van der Waals surface area contributed by atoms with E-state index in [1.54, 1.807) is 0 Å².